The molecule has 1 saturated heterocycles. The first-order valence-corrected chi connectivity index (χ1v) is 10.0. The maximum Gasteiger partial charge on any atom is 0.253 e. The van der Waals surface area contributed by atoms with Gasteiger partial charge in [-0.3, -0.25) is 9.69 Å². The summed E-state index contributed by atoms with van der Waals surface area (Å²) in [4.78, 5) is 21.0. The number of benzene rings is 2. The van der Waals surface area contributed by atoms with Crippen molar-refractivity contribution in [2.75, 3.05) is 37.6 Å². The van der Waals surface area contributed by atoms with Crippen molar-refractivity contribution in [3.05, 3.63) is 65.9 Å². The van der Waals surface area contributed by atoms with Crippen LogP contribution in [0.4, 0.5) is 5.69 Å². The number of carbonyl (C=O) groups is 1. The van der Waals surface area contributed by atoms with Crippen LogP contribution in [0.5, 0.6) is 0 Å². The van der Waals surface area contributed by atoms with Gasteiger partial charge in [-0.05, 0) is 32.0 Å². The van der Waals surface area contributed by atoms with Crippen LogP contribution in [-0.4, -0.2) is 54.6 Å². The van der Waals surface area contributed by atoms with E-state index in [0.717, 1.165) is 48.3 Å². The highest BCUT2D eigenvalue weighted by Gasteiger charge is 2.22. The monoisotopic (exact) mass is 376 g/mol. The van der Waals surface area contributed by atoms with Crippen molar-refractivity contribution in [1.29, 1.82) is 0 Å². The molecule has 2 heterocycles. The molecular weight excluding hydrogens is 348 g/mol. The number of hydrogen-bond acceptors (Lipinski definition) is 3. The van der Waals surface area contributed by atoms with Gasteiger partial charge in [0, 0.05) is 61.0 Å². The Balaban J connectivity index is 1.33. The first-order valence-electron chi connectivity index (χ1n) is 10.0. The Bertz CT molecular complexity index is 942. The average Bonchev–Trinajstić information content (AvgIpc) is 3.08. The van der Waals surface area contributed by atoms with E-state index in [1.54, 1.807) is 0 Å². The highest BCUT2D eigenvalue weighted by molar-refractivity contribution is 6.08. The fourth-order valence-corrected chi connectivity index (χ4v) is 4.09. The van der Waals surface area contributed by atoms with Crippen molar-refractivity contribution >= 4 is 22.5 Å². The molecule has 1 fully saturated rings. The number of carbonyl (C=O) groups excluding carboxylic acids is 1. The van der Waals surface area contributed by atoms with Gasteiger partial charge in [0.25, 0.3) is 5.91 Å². The Kier molecular flexibility index (Phi) is 5.35. The molecule has 0 saturated carbocycles. The van der Waals surface area contributed by atoms with Gasteiger partial charge in [-0.2, -0.15) is 0 Å². The summed E-state index contributed by atoms with van der Waals surface area (Å²) in [5.74, 6) is 0.00437. The maximum absolute atomic E-state index is 12.8. The third-order valence-corrected chi connectivity index (χ3v) is 5.74. The smallest absolute Gasteiger partial charge is 0.253 e. The lowest BCUT2D eigenvalue weighted by Gasteiger charge is -2.39. The van der Waals surface area contributed by atoms with Crippen LogP contribution in [0.25, 0.3) is 10.9 Å². The minimum Gasteiger partial charge on any atom is -0.369 e. The molecule has 4 rings (SSSR count). The number of nitrogens with zero attached hydrogens (tertiary/aromatic N) is 2. The quantitative estimate of drug-likeness (QED) is 0.717. The second kappa shape index (κ2) is 8.07. The molecule has 1 aliphatic rings. The van der Waals surface area contributed by atoms with Gasteiger partial charge in [-0.25, -0.2) is 0 Å². The molecule has 0 unspecified atom stereocenters. The fraction of sp³-hybridized carbons (Fsp3) is 0.348. The van der Waals surface area contributed by atoms with Crippen LogP contribution in [0, 0.1) is 6.92 Å². The summed E-state index contributed by atoms with van der Waals surface area (Å²) in [7, 11) is 0. The summed E-state index contributed by atoms with van der Waals surface area (Å²) >= 11 is 0. The molecule has 2 N–H and O–H groups in total. The second-order valence-electron chi connectivity index (χ2n) is 7.59. The van der Waals surface area contributed by atoms with Gasteiger partial charge in [0.2, 0.25) is 0 Å². The van der Waals surface area contributed by atoms with Crippen molar-refractivity contribution in [2.24, 2.45) is 0 Å². The molecule has 2 aromatic carbocycles. The first kappa shape index (κ1) is 18.6. The Hall–Kier alpha value is -2.79. The topological polar surface area (TPSA) is 51.4 Å². The van der Waals surface area contributed by atoms with E-state index in [2.05, 4.69) is 57.4 Å². The van der Waals surface area contributed by atoms with Crippen molar-refractivity contribution in [3.8, 4) is 0 Å². The van der Waals surface area contributed by atoms with E-state index < -0.39 is 0 Å². The molecule has 5 nitrogen and oxygen atoms in total. The number of aromatic amines is 1. The molecule has 1 aliphatic heterocycles. The number of anilines is 1. The summed E-state index contributed by atoms with van der Waals surface area (Å²) in [6.45, 7) is 8.87. The van der Waals surface area contributed by atoms with Crippen LogP contribution in [-0.2, 0) is 0 Å². The summed E-state index contributed by atoms with van der Waals surface area (Å²) in [6, 6.07) is 18.9. The predicted molar refractivity (Wildman–Crippen MR) is 115 cm³/mol. The van der Waals surface area contributed by atoms with Crippen LogP contribution >= 0.6 is 0 Å². The Morgan fingerprint density at radius 2 is 1.71 bits per heavy atom. The van der Waals surface area contributed by atoms with E-state index in [4.69, 9.17) is 0 Å². The lowest BCUT2D eigenvalue weighted by Crippen LogP contribution is -2.52. The van der Waals surface area contributed by atoms with Crippen LogP contribution in [0.2, 0.25) is 0 Å². The van der Waals surface area contributed by atoms with Gasteiger partial charge < -0.3 is 15.2 Å². The minimum atomic E-state index is 0.00437. The Labute approximate surface area is 166 Å². The van der Waals surface area contributed by atoms with Gasteiger partial charge in [-0.1, -0.05) is 36.4 Å². The SMILES string of the molecule is Cc1[nH]c2ccccc2c1C(=O)NC[C@H](C)N1CCN(c2ccccc2)CC1. The van der Waals surface area contributed by atoms with Crippen molar-refractivity contribution < 1.29 is 4.79 Å². The zero-order valence-corrected chi connectivity index (χ0v) is 16.6. The van der Waals surface area contributed by atoms with Crippen LogP contribution < -0.4 is 10.2 Å². The molecule has 0 bridgehead atoms. The molecule has 146 valence electrons. The van der Waals surface area contributed by atoms with E-state index in [1.165, 1.54) is 5.69 Å². The normalized spacial score (nSPS) is 16.3. The fourth-order valence-electron chi connectivity index (χ4n) is 4.09. The largest absolute Gasteiger partial charge is 0.369 e. The van der Waals surface area contributed by atoms with E-state index >= 15 is 0 Å². The molecule has 28 heavy (non-hydrogen) atoms. The Morgan fingerprint density at radius 3 is 2.46 bits per heavy atom. The summed E-state index contributed by atoms with van der Waals surface area (Å²) < 4.78 is 0. The third-order valence-electron chi connectivity index (χ3n) is 5.74. The molecule has 0 aliphatic carbocycles. The molecule has 0 radical (unpaired) electrons. The van der Waals surface area contributed by atoms with Crippen LogP contribution in [0.15, 0.2) is 54.6 Å². The number of piperazine rings is 1. The molecule has 1 atom stereocenters. The zero-order chi connectivity index (χ0) is 19.5. The number of aromatic nitrogens is 1. The number of H-pyrrole nitrogens is 1. The van der Waals surface area contributed by atoms with Gasteiger partial charge in [0.1, 0.15) is 0 Å². The molecule has 1 amide bonds. The van der Waals surface area contributed by atoms with Gasteiger partial charge >= 0.3 is 0 Å². The van der Waals surface area contributed by atoms with E-state index in [9.17, 15) is 4.79 Å². The molecule has 5 heteroatoms. The number of fused-ring (bicyclic) bond motifs is 1. The summed E-state index contributed by atoms with van der Waals surface area (Å²) in [5, 5.41) is 4.13. The molecule has 3 aromatic rings. The predicted octanol–water partition coefficient (Wildman–Crippen LogP) is 3.42. The second-order valence-corrected chi connectivity index (χ2v) is 7.59. The molecule has 1 aromatic heterocycles. The highest BCUT2D eigenvalue weighted by atomic mass is 16.1. The van der Waals surface area contributed by atoms with Crippen LogP contribution in [0.3, 0.4) is 0 Å². The van der Waals surface area contributed by atoms with E-state index in [0.29, 0.717) is 12.6 Å². The molecular formula is C23H28N4O. The molecule has 0 spiro atoms. The van der Waals surface area contributed by atoms with Crippen molar-refractivity contribution in [1.82, 2.24) is 15.2 Å². The average molecular weight is 377 g/mol. The number of rotatable bonds is 5. The Morgan fingerprint density at radius 1 is 1.04 bits per heavy atom. The summed E-state index contributed by atoms with van der Waals surface area (Å²) in [6.07, 6.45) is 0. The van der Waals surface area contributed by atoms with E-state index in [-0.39, 0.29) is 5.91 Å². The van der Waals surface area contributed by atoms with Gasteiger partial charge in [-0.15, -0.1) is 0 Å². The maximum atomic E-state index is 12.8. The lowest BCUT2D eigenvalue weighted by atomic mass is 10.1. The van der Waals surface area contributed by atoms with E-state index in [1.807, 2.05) is 31.2 Å². The first-order chi connectivity index (χ1) is 13.6. The van der Waals surface area contributed by atoms with Crippen molar-refractivity contribution in [3.63, 3.8) is 0 Å². The number of aryl methyl sites for hydroxylation is 1. The summed E-state index contributed by atoms with van der Waals surface area (Å²) in [5.41, 5.74) is 3.98. The minimum absolute atomic E-state index is 0.00437. The van der Waals surface area contributed by atoms with Crippen molar-refractivity contribution in [2.45, 2.75) is 19.9 Å². The van der Waals surface area contributed by atoms with Gasteiger partial charge in [0.15, 0.2) is 0 Å². The number of nitrogens with one attached hydrogen (secondary N) is 2. The highest BCUT2D eigenvalue weighted by Crippen LogP contribution is 2.22. The van der Waals surface area contributed by atoms with Gasteiger partial charge in [0.05, 0.1) is 5.56 Å². The number of para-hydroxylation sites is 2. The van der Waals surface area contributed by atoms with Crippen LogP contribution in [0.1, 0.15) is 23.0 Å². The number of amides is 1. The lowest BCUT2D eigenvalue weighted by molar-refractivity contribution is 0.0935. The third kappa shape index (κ3) is 3.76. The standard InChI is InChI=1S/C23H28N4O/c1-17(26-12-14-27(15-13-26)19-8-4-3-5-9-19)16-24-23(28)22-18(2)25-21-11-7-6-10-20(21)22/h3-11,17,25H,12-16H2,1-2H3,(H,24,28)/t17-/m0/s1. The number of hydrogen-bond donors (Lipinski definition) is 2. The zero-order valence-electron chi connectivity index (χ0n) is 16.6.